The second-order valence-electron chi connectivity index (χ2n) is 6.18. The molecule has 0 aliphatic carbocycles. The van der Waals surface area contributed by atoms with Gasteiger partial charge in [0.25, 0.3) is 5.91 Å². The number of aliphatic hydroxyl groups is 1. The number of β-amino-alcohol motifs (C(OH)–C–C–N with tert-alkyl or cyclic N) is 1. The van der Waals surface area contributed by atoms with E-state index >= 15 is 0 Å². The second-order valence-corrected chi connectivity index (χ2v) is 6.18. The smallest absolute Gasteiger partial charge is 0.276 e. The first-order valence-corrected chi connectivity index (χ1v) is 8.44. The molecule has 1 fully saturated rings. The Morgan fingerprint density at radius 3 is 2.58 bits per heavy atom. The number of hydrogen-bond acceptors (Lipinski definition) is 7. The van der Waals surface area contributed by atoms with Gasteiger partial charge in [0, 0.05) is 38.8 Å². The van der Waals surface area contributed by atoms with Crippen LogP contribution in [0.2, 0.25) is 0 Å². The molecule has 136 valence electrons. The maximum Gasteiger partial charge on any atom is 0.276 e. The molecular formula is C18H19N3O5. The number of piperazine rings is 1. The van der Waals surface area contributed by atoms with Crippen LogP contribution in [0.1, 0.15) is 22.4 Å². The Labute approximate surface area is 149 Å². The summed E-state index contributed by atoms with van der Waals surface area (Å²) in [5, 5.41) is 14.0. The zero-order valence-electron chi connectivity index (χ0n) is 14.1. The van der Waals surface area contributed by atoms with E-state index in [1.165, 1.54) is 6.26 Å². The van der Waals surface area contributed by atoms with Gasteiger partial charge < -0.3 is 23.4 Å². The third-order valence-electron chi connectivity index (χ3n) is 4.46. The van der Waals surface area contributed by atoms with Gasteiger partial charge in [0.1, 0.15) is 11.9 Å². The van der Waals surface area contributed by atoms with E-state index in [2.05, 4.69) is 10.1 Å². The van der Waals surface area contributed by atoms with Crippen molar-refractivity contribution in [1.29, 1.82) is 0 Å². The highest BCUT2D eigenvalue weighted by Gasteiger charge is 2.26. The molecule has 0 spiro atoms. The highest BCUT2D eigenvalue weighted by Crippen LogP contribution is 2.22. The Morgan fingerprint density at radius 1 is 1.12 bits per heavy atom. The van der Waals surface area contributed by atoms with Crippen molar-refractivity contribution in [3.05, 3.63) is 54.3 Å². The molecule has 8 heteroatoms. The summed E-state index contributed by atoms with van der Waals surface area (Å²) in [6.45, 7) is 2.94. The zero-order chi connectivity index (χ0) is 17.9. The molecular weight excluding hydrogens is 338 g/mol. The van der Waals surface area contributed by atoms with Gasteiger partial charge in [-0.25, -0.2) is 0 Å². The van der Waals surface area contributed by atoms with Gasteiger partial charge in [-0.2, -0.15) is 0 Å². The molecule has 1 saturated heterocycles. The summed E-state index contributed by atoms with van der Waals surface area (Å²) >= 11 is 0. The quantitative estimate of drug-likeness (QED) is 0.746. The largest absolute Gasteiger partial charge is 0.467 e. The van der Waals surface area contributed by atoms with Crippen molar-refractivity contribution >= 4 is 5.91 Å². The van der Waals surface area contributed by atoms with Crippen LogP contribution in [0.25, 0.3) is 11.5 Å². The average Bonchev–Trinajstić information content (AvgIpc) is 3.43. The Balaban J connectivity index is 1.32. The first-order valence-electron chi connectivity index (χ1n) is 8.44. The van der Waals surface area contributed by atoms with Gasteiger partial charge in [0.2, 0.25) is 5.76 Å². The molecule has 0 aromatic carbocycles. The molecule has 3 aromatic rings. The van der Waals surface area contributed by atoms with Gasteiger partial charge >= 0.3 is 0 Å². The van der Waals surface area contributed by atoms with E-state index in [1.807, 2.05) is 0 Å². The van der Waals surface area contributed by atoms with Crippen LogP contribution in [0.15, 0.2) is 56.2 Å². The van der Waals surface area contributed by atoms with Gasteiger partial charge in [0.05, 0.1) is 12.5 Å². The number of carbonyl (C=O) groups excluding carboxylic acids is 1. The number of furan rings is 2. The summed E-state index contributed by atoms with van der Waals surface area (Å²) < 4.78 is 15.7. The summed E-state index contributed by atoms with van der Waals surface area (Å²) in [5.41, 5.74) is 0.264. The van der Waals surface area contributed by atoms with E-state index < -0.39 is 6.10 Å². The predicted molar refractivity (Wildman–Crippen MR) is 90.2 cm³/mol. The molecule has 0 saturated carbocycles. The lowest BCUT2D eigenvalue weighted by Gasteiger charge is -2.34. The third-order valence-corrected chi connectivity index (χ3v) is 4.46. The molecule has 1 N–H and O–H groups in total. The minimum atomic E-state index is -0.668. The van der Waals surface area contributed by atoms with E-state index in [9.17, 15) is 9.90 Å². The van der Waals surface area contributed by atoms with Crippen LogP contribution in [0, 0.1) is 0 Å². The monoisotopic (exact) mass is 357 g/mol. The summed E-state index contributed by atoms with van der Waals surface area (Å²) in [7, 11) is 0. The summed E-state index contributed by atoms with van der Waals surface area (Å²) in [5.74, 6) is 1.35. The van der Waals surface area contributed by atoms with Gasteiger partial charge in [-0.05, 0) is 24.3 Å². The van der Waals surface area contributed by atoms with Crippen molar-refractivity contribution in [1.82, 2.24) is 15.0 Å². The topological polar surface area (TPSA) is 96.1 Å². The highest BCUT2D eigenvalue weighted by atomic mass is 16.5. The number of carbonyl (C=O) groups is 1. The van der Waals surface area contributed by atoms with E-state index in [0.717, 1.165) is 0 Å². The first-order chi connectivity index (χ1) is 12.7. The van der Waals surface area contributed by atoms with Crippen LogP contribution >= 0.6 is 0 Å². The summed E-state index contributed by atoms with van der Waals surface area (Å²) in [6, 6.07) is 8.59. The molecule has 1 aliphatic rings. The van der Waals surface area contributed by atoms with E-state index in [1.54, 1.807) is 41.5 Å². The van der Waals surface area contributed by atoms with Crippen LogP contribution in [0.4, 0.5) is 0 Å². The van der Waals surface area contributed by atoms with Crippen molar-refractivity contribution in [2.45, 2.75) is 6.10 Å². The lowest BCUT2D eigenvalue weighted by atomic mass is 10.2. The van der Waals surface area contributed by atoms with Crippen LogP contribution in [0.3, 0.4) is 0 Å². The predicted octanol–water partition coefficient (Wildman–Crippen LogP) is 2.02. The summed E-state index contributed by atoms with van der Waals surface area (Å²) in [4.78, 5) is 16.4. The number of nitrogens with zero attached hydrogens (tertiary/aromatic N) is 3. The van der Waals surface area contributed by atoms with E-state index in [0.29, 0.717) is 50.0 Å². The fourth-order valence-electron chi connectivity index (χ4n) is 3.02. The molecule has 26 heavy (non-hydrogen) atoms. The fraction of sp³-hybridized carbons (Fsp3) is 0.333. The Bertz CT molecular complexity index is 832. The Morgan fingerprint density at radius 2 is 1.88 bits per heavy atom. The molecule has 1 aliphatic heterocycles. The summed E-state index contributed by atoms with van der Waals surface area (Å²) in [6.07, 6.45) is 2.42. The van der Waals surface area contributed by atoms with Gasteiger partial charge in [-0.1, -0.05) is 5.16 Å². The number of aromatic nitrogens is 1. The molecule has 4 rings (SSSR count). The second kappa shape index (κ2) is 7.19. The zero-order valence-corrected chi connectivity index (χ0v) is 14.1. The minimum absolute atomic E-state index is 0.169. The fourth-order valence-corrected chi connectivity index (χ4v) is 3.02. The number of hydrogen-bond donors (Lipinski definition) is 1. The van der Waals surface area contributed by atoms with Crippen LogP contribution < -0.4 is 0 Å². The highest BCUT2D eigenvalue weighted by molar-refractivity contribution is 5.93. The molecule has 4 heterocycles. The average molecular weight is 357 g/mol. The molecule has 8 nitrogen and oxygen atoms in total. The Hall–Kier alpha value is -2.84. The number of rotatable bonds is 5. The molecule has 0 unspecified atom stereocenters. The molecule has 0 radical (unpaired) electrons. The third kappa shape index (κ3) is 3.42. The van der Waals surface area contributed by atoms with Gasteiger partial charge in [-0.15, -0.1) is 0 Å². The molecule has 1 atom stereocenters. The lowest BCUT2D eigenvalue weighted by Crippen LogP contribution is -2.49. The molecule has 1 amide bonds. The SMILES string of the molecule is O=C(c1cc(-c2ccco2)on1)N1CCN(C[C@H](O)c2ccco2)CC1. The first kappa shape index (κ1) is 16.6. The van der Waals surface area contributed by atoms with E-state index in [-0.39, 0.29) is 11.6 Å². The number of aliphatic hydroxyl groups excluding tert-OH is 1. The maximum atomic E-state index is 12.6. The van der Waals surface area contributed by atoms with Crippen molar-refractivity contribution < 1.29 is 23.3 Å². The number of amides is 1. The van der Waals surface area contributed by atoms with E-state index in [4.69, 9.17) is 13.4 Å². The normalized spacial score (nSPS) is 16.7. The van der Waals surface area contributed by atoms with Crippen LogP contribution in [-0.2, 0) is 0 Å². The van der Waals surface area contributed by atoms with Gasteiger partial charge in [-0.3, -0.25) is 9.69 Å². The molecule has 3 aromatic heterocycles. The van der Waals surface area contributed by atoms with Crippen LogP contribution in [-0.4, -0.2) is 58.7 Å². The van der Waals surface area contributed by atoms with Crippen LogP contribution in [0.5, 0.6) is 0 Å². The minimum Gasteiger partial charge on any atom is -0.467 e. The van der Waals surface area contributed by atoms with Crippen molar-refractivity contribution in [2.24, 2.45) is 0 Å². The van der Waals surface area contributed by atoms with Crippen molar-refractivity contribution in [3.63, 3.8) is 0 Å². The molecule has 0 bridgehead atoms. The van der Waals surface area contributed by atoms with Crippen molar-refractivity contribution in [3.8, 4) is 11.5 Å². The Kier molecular flexibility index (Phi) is 4.59. The van der Waals surface area contributed by atoms with Crippen molar-refractivity contribution in [2.75, 3.05) is 32.7 Å². The standard InChI is InChI=1S/C18H19N3O5/c22-14(15-3-1-9-24-15)12-20-5-7-21(8-6-20)18(23)13-11-17(26-19-13)16-4-2-10-25-16/h1-4,9-11,14,22H,5-8,12H2/t14-/m0/s1. The lowest BCUT2D eigenvalue weighted by molar-refractivity contribution is 0.0479. The van der Waals surface area contributed by atoms with Gasteiger partial charge in [0.15, 0.2) is 11.5 Å². The maximum absolute atomic E-state index is 12.6.